The fourth-order valence-electron chi connectivity index (χ4n) is 2.70. The van der Waals surface area contributed by atoms with E-state index in [4.69, 9.17) is 6.42 Å². The van der Waals surface area contributed by atoms with Crippen molar-refractivity contribution in [2.24, 2.45) is 0 Å². The first-order valence-corrected chi connectivity index (χ1v) is 7.36. The summed E-state index contributed by atoms with van der Waals surface area (Å²) >= 11 is 0. The molecule has 0 saturated heterocycles. The number of nitrogens with zero attached hydrogens (tertiary/aromatic N) is 2. The molecule has 1 heterocycles. The SMILES string of the molecule is C#CCc1n(C(CC)CC)cc[n+]1Cc1ccccc1.[I-]. The van der Waals surface area contributed by atoms with E-state index >= 15 is 0 Å². The Morgan fingerprint density at radius 2 is 1.86 bits per heavy atom. The van der Waals surface area contributed by atoms with Gasteiger partial charge in [-0.2, -0.15) is 0 Å². The third kappa shape index (κ3) is 4.34. The Bertz CT molecular complexity index is 577. The zero-order valence-corrected chi connectivity index (χ0v) is 15.0. The number of imidazole rings is 1. The quantitative estimate of drug-likeness (QED) is 0.380. The monoisotopic (exact) mass is 394 g/mol. The van der Waals surface area contributed by atoms with Gasteiger partial charge in [0.15, 0.2) is 0 Å². The van der Waals surface area contributed by atoms with Gasteiger partial charge in [0.05, 0.1) is 0 Å². The largest absolute Gasteiger partial charge is 1.00 e. The molecule has 0 aliphatic heterocycles. The van der Waals surface area contributed by atoms with Gasteiger partial charge in [-0.3, -0.25) is 0 Å². The van der Waals surface area contributed by atoms with Crippen molar-refractivity contribution in [1.29, 1.82) is 0 Å². The molecule has 0 aliphatic carbocycles. The van der Waals surface area contributed by atoms with Crippen molar-refractivity contribution in [1.82, 2.24) is 4.57 Å². The molecule has 21 heavy (non-hydrogen) atoms. The minimum atomic E-state index is 0. The third-order valence-corrected chi connectivity index (χ3v) is 3.83. The molecule has 1 aromatic heterocycles. The highest BCUT2D eigenvalue weighted by molar-refractivity contribution is 5.13. The summed E-state index contributed by atoms with van der Waals surface area (Å²) in [5, 5.41) is 0. The first-order chi connectivity index (χ1) is 9.80. The molecule has 0 N–H and O–H groups in total. The molecule has 0 amide bonds. The van der Waals surface area contributed by atoms with Gasteiger partial charge in [0.1, 0.15) is 31.4 Å². The van der Waals surface area contributed by atoms with Crippen LogP contribution in [-0.4, -0.2) is 4.57 Å². The lowest BCUT2D eigenvalue weighted by molar-refractivity contribution is -0.694. The van der Waals surface area contributed by atoms with E-state index in [1.807, 2.05) is 6.07 Å². The lowest BCUT2D eigenvalue weighted by atomic mass is 10.1. The van der Waals surface area contributed by atoms with Gasteiger partial charge in [0.2, 0.25) is 0 Å². The fourth-order valence-corrected chi connectivity index (χ4v) is 2.70. The summed E-state index contributed by atoms with van der Waals surface area (Å²) in [6.07, 6.45) is 12.8. The second-order valence-electron chi connectivity index (χ2n) is 5.09. The van der Waals surface area contributed by atoms with Crippen LogP contribution in [0.25, 0.3) is 0 Å². The minimum Gasteiger partial charge on any atom is -1.00 e. The van der Waals surface area contributed by atoms with Gasteiger partial charge < -0.3 is 24.0 Å². The first-order valence-electron chi connectivity index (χ1n) is 7.36. The maximum absolute atomic E-state index is 5.56. The summed E-state index contributed by atoms with van der Waals surface area (Å²) in [4.78, 5) is 0. The van der Waals surface area contributed by atoms with Crippen molar-refractivity contribution in [3.63, 3.8) is 0 Å². The molecule has 2 aromatic rings. The van der Waals surface area contributed by atoms with Crippen LogP contribution in [0.3, 0.4) is 0 Å². The van der Waals surface area contributed by atoms with Crippen LogP contribution in [0.15, 0.2) is 42.7 Å². The molecule has 0 unspecified atom stereocenters. The van der Waals surface area contributed by atoms with Crippen molar-refractivity contribution in [2.45, 2.75) is 45.7 Å². The number of terminal acetylenes is 1. The van der Waals surface area contributed by atoms with Crippen LogP contribution in [0, 0.1) is 12.3 Å². The molecule has 0 atom stereocenters. The number of benzene rings is 1. The van der Waals surface area contributed by atoms with Gasteiger partial charge in [0.25, 0.3) is 5.82 Å². The molecule has 3 heteroatoms. The van der Waals surface area contributed by atoms with Gasteiger partial charge >= 0.3 is 0 Å². The summed E-state index contributed by atoms with van der Waals surface area (Å²) in [6.45, 7) is 5.34. The summed E-state index contributed by atoms with van der Waals surface area (Å²) in [5.74, 6) is 4.02. The molecule has 112 valence electrons. The highest BCUT2D eigenvalue weighted by atomic mass is 127. The van der Waals surface area contributed by atoms with E-state index in [1.54, 1.807) is 0 Å². The molecule has 0 fully saturated rings. The van der Waals surface area contributed by atoms with Gasteiger partial charge in [0, 0.05) is 0 Å². The molecule has 0 bridgehead atoms. The van der Waals surface area contributed by atoms with Crippen molar-refractivity contribution < 1.29 is 28.5 Å². The van der Waals surface area contributed by atoms with E-state index < -0.39 is 0 Å². The van der Waals surface area contributed by atoms with Crippen LogP contribution in [0.5, 0.6) is 0 Å². The average Bonchev–Trinajstić information content (AvgIpc) is 2.85. The molecule has 2 rings (SSSR count). The zero-order valence-electron chi connectivity index (χ0n) is 12.8. The Morgan fingerprint density at radius 3 is 2.43 bits per heavy atom. The highest BCUT2D eigenvalue weighted by Crippen LogP contribution is 2.17. The predicted molar refractivity (Wildman–Crippen MR) is 82.3 cm³/mol. The summed E-state index contributed by atoms with van der Waals surface area (Å²) < 4.78 is 4.62. The van der Waals surface area contributed by atoms with E-state index in [9.17, 15) is 0 Å². The topological polar surface area (TPSA) is 8.81 Å². The van der Waals surface area contributed by atoms with Crippen LogP contribution >= 0.6 is 0 Å². The fraction of sp³-hybridized carbons (Fsp3) is 0.389. The molecule has 0 aliphatic rings. The zero-order chi connectivity index (χ0) is 14.4. The maximum atomic E-state index is 5.56. The number of aromatic nitrogens is 2. The van der Waals surface area contributed by atoms with Gasteiger partial charge in [-0.05, 0) is 18.4 Å². The van der Waals surface area contributed by atoms with Crippen LogP contribution in [0.2, 0.25) is 0 Å². The molecule has 0 spiro atoms. The maximum Gasteiger partial charge on any atom is 0.269 e. The van der Waals surface area contributed by atoms with E-state index in [0.717, 1.165) is 19.4 Å². The third-order valence-electron chi connectivity index (χ3n) is 3.83. The summed E-state index contributed by atoms with van der Waals surface area (Å²) in [6, 6.07) is 11.0. The van der Waals surface area contributed by atoms with Crippen molar-refractivity contribution in [2.75, 3.05) is 0 Å². The molecule has 1 aromatic carbocycles. The van der Waals surface area contributed by atoms with Crippen LogP contribution in [-0.2, 0) is 13.0 Å². The van der Waals surface area contributed by atoms with E-state index in [2.05, 4.69) is 65.6 Å². The van der Waals surface area contributed by atoms with Crippen molar-refractivity contribution in [3.8, 4) is 12.3 Å². The Morgan fingerprint density at radius 1 is 1.19 bits per heavy atom. The van der Waals surface area contributed by atoms with Crippen LogP contribution < -0.4 is 28.5 Å². The molecular formula is C18H23IN2. The smallest absolute Gasteiger partial charge is 0.269 e. The Balaban J connectivity index is 0.00000220. The molecular weight excluding hydrogens is 371 g/mol. The molecule has 2 nitrogen and oxygen atoms in total. The van der Waals surface area contributed by atoms with Gasteiger partial charge in [-0.1, -0.05) is 50.1 Å². The molecule has 0 saturated carbocycles. The Kier molecular flexibility index (Phi) is 7.52. The van der Waals surface area contributed by atoms with Crippen LogP contribution in [0.4, 0.5) is 0 Å². The predicted octanol–water partition coefficient (Wildman–Crippen LogP) is 0.365. The lowest BCUT2D eigenvalue weighted by Gasteiger charge is -2.11. The number of halogens is 1. The van der Waals surface area contributed by atoms with Gasteiger partial charge in [-0.25, -0.2) is 9.13 Å². The lowest BCUT2D eigenvalue weighted by Crippen LogP contribution is -3.00. The minimum absolute atomic E-state index is 0. The van der Waals surface area contributed by atoms with E-state index in [1.165, 1.54) is 11.4 Å². The van der Waals surface area contributed by atoms with E-state index in [0.29, 0.717) is 12.5 Å². The van der Waals surface area contributed by atoms with Crippen molar-refractivity contribution >= 4 is 0 Å². The first kappa shape index (κ1) is 17.8. The average molecular weight is 394 g/mol. The number of hydrogen-bond acceptors (Lipinski definition) is 0. The molecule has 0 radical (unpaired) electrons. The summed E-state index contributed by atoms with van der Waals surface area (Å²) in [7, 11) is 0. The van der Waals surface area contributed by atoms with E-state index in [-0.39, 0.29) is 24.0 Å². The standard InChI is InChI=1S/C18H23N2.HI/c1-4-10-18-19(15-16-11-8-7-9-12-16)13-14-20(18)17(5-2)6-3;/h1,7-9,11-14,17H,5-6,10,15H2,2-3H3;1H/q+1;/p-1. The Labute approximate surface area is 145 Å². The van der Waals surface area contributed by atoms with Crippen molar-refractivity contribution in [3.05, 3.63) is 54.1 Å². The summed E-state index contributed by atoms with van der Waals surface area (Å²) in [5.41, 5.74) is 1.30. The normalized spacial score (nSPS) is 10.2. The van der Waals surface area contributed by atoms with Gasteiger partial charge in [-0.15, -0.1) is 6.42 Å². The second kappa shape index (κ2) is 8.89. The van der Waals surface area contributed by atoms with Crippen LogP contribution in [0.1, 0.15) is 44.1 Å². The highest BCUT2D eigenvalue weighted by Gasteiger charge is 2.21. The number of hydrogen-bond donors (Lipinski definition) is 0. The second-order valence-corrected chi connectivity index (χ2v) is 5.09. The Hall–Kier alpha value is -1.28. The number of rotatable bonds is 6.